The van der Waals surface area contributed by atoms with Gasteiger partial charge < -0.3 is 22.4 Å². The van der Waals surface area contributed by atoms with Gasteiger partial charge in [0.1, 0.15) is 7.05 Å². The molecule has 6 heterocycles. The summed E-state index contributed by atoms with van der Waals surface area (Å²) in [4.78, 5) is 18.5. The zero-order valence-corrected chi connectivity index (χ0v) is 30.8. The third-order valence-corrected chi connectivity index (χ3v) is 10.0. The molecule has 0 unspecified atom stereocenters. The van der Waals surface area contributed by atoms with E-state index in [1.807, 2.05) is 11.6 Å². The highest BCUT2D eigenvalue weighted by molar-refractivity contribution is 6.00. The third-order valence-electron chi connectivity index (χ3n) is 10.0. The van der Waals surface area contributed by atoms with Crippen LogP contribution < -0.4 is 17.0 Å². The first-order valence-electron chi connectivity index (χ1n) is 17.7. The normalized spacial score (nSPS) is 11.8. The summed E-state index contributed by atoms with van der Waals surface area (Å²) in [6.45, 7) is 6.37. The van der Waals surface area contributed by atoms with Gasteiger partial charge in [0.05, 0.1) is 22.8 Å². The third kappa shape index (κ3) is 6.30. The zero-order valence-electron chi connectivity index (χ0n) is 30.1. The molecule has 0 saturated carbocycles. The van der Waals surface area contributed by atoms with Gasteiger partial charge >= 0.3 is 0 Å². The molecule has 2 aliphatic heterocycles. The predicted octanol–water partition coefficient (Wildman–Crippen LogP) is 8.08. The highest BCUT2D eigenvalue weighted by Gasteiger charge is 2.20. The number of pyridine rings is 1. The Bertz CT molecular complexity index is 2590. The molecule has 9 rings (SSSR count). The summed E-state index contributed by atoms with van der Waals surface area (Å²) in [6.07, 6.45) is 12.7. The summed E-state index contributed by atoms with van der Waals surface area (Å²) in [6, 6.07) is 39.2. The molecule has 2 aliphatic rings. The Labute approximate surface area is 315 Å². The van der Waals surface area contributed by atoms with Gasteiger partial charge in [-0.25, -0.2) is 14.5 Å². The fraction of sp³-hybridized carbons (Fsp3) is 0.0851. The van der Waals surface area contributed by atoms with E-state index in [1.54, 1.807) is 0 Å². The highest BCUT2D eigenvalue weighted by Crippen LogP contribution is 2.38. The van der Waals surface area contributed by atoms with E-state index in [-0.39, 0.29) is 12.4 Å². The fourth-order valence-corrected chi connectivity index (χ4v) is 7.25. The summed E-state index contributed by atoms with van der Waals surface area (Å²) in [5, 5.41) is 0. The summed E-state index contributed by atoms with van der Waals surface area (Å²) >= 11 is 0. The highest BCUT2D eigenvalue weighted by atomic mass is 35.5. The van der Waals surface area contributed by atoms with Gasteiger partial charge in [-0.1, -0.05) is 89.5 Å². The van der Waals surface area contributed by atoms with Crippen LogP contribution in [0.15, 0.2) is 122 Å². The molecule has 258 valence electrons. The van der Waals surface area contributed by atoms with Crippen LogP contribution in [0.3, 0.4) is 0 Å². The van der Waals surface area contributed by atoms with Crippen molar-refractivity contribution in [1.29, 1.82) is 0 Å². The average molecular weight is 708 g/mol. The van der Waals surface area contributed by atoms with E-state index in [1.165, 1.54) is 16.7 Å². The van der Waals surface area contributed by atoms with Crippen LogP contribution in [0.5, 0.6) is 0 Å². The molecule has 0 aliphatic carbocycles. The first-order chi connectivity index (χ1) is 25.4. The van der Waals surface area contributed by atoms with E-state index < -0.39 is 0 Å². The second-order valence-electron chi connectivity index (χ2n) is 13.9. The van der Waals surface area contributed by atoms with Crippen LogP contribution in [0.4, 0.5) is 0 Å². The summed E-state index contributed by atoms with van der Waals surface area (Å²) in [5.41, 5.74) is 19.8. The molecule has 7 aromatic rings. The van der Waals surface area contributed by atoms with Crippen molar-refractivity contribution in [1.82, 2.24) is 19.9 Å². The zero-order chi connectivity index (χ0) is 35.3. The molecular weight excluding hydrogens is 670 g/mol. The number of rotatable bonds is 4. The molecule has 0 atom stereocenters. The Morgan fingerprint density at radius 3 is 1.06 bits per heavy atom. The summed E-state index contributed by atoms with van der Waals surface area (Å²) in [5.74, 6) is 0. The number of H-pyrrole nitrogens is 2. The van der Waals surface area contributed by atoms with Crippen molar-refractivity contribution in [2.75, 3.05) is 0 Å². The second kappa shape index (κ2) is 13.7. The van der Waals surface area contributed by atoms with E-state index in [4.69, 9.17) is 9.97 Å². The van der Waals surface area contributed by atoms with Crippen LogP contribution in [-0.2, 0) is 7.05 Å². The first-order valence-corrected chi connectivity index (χ1v) is 17.7. The number of benzene rings is 3. The van der Waals surface area contributed by atoms with Crippen LogP contribution in [-0.4, -0.2) is 19.9 Å². The fourth-order valence-electron chi connectivity index (χ4n) is 7.25. The minimum Gasteiger partial charge on any atom is -1.00 e. The van der Waals surface area contributed by atoms with E-state index >= 15 is 0 Å². The summed E-state index contributed by atoms with van der Waals surface area (Å²) in [7, 11) is 2.04. The average Bonchev–Trinajstić information content (AvgIpc) is 3.99. The molecule has 2 N–H and O–H groups in total. The predicted molar refractivity (Wildman–Crippen MR) is 216 cm³/mol. The maximum atomic E-state index is 5.39. The molecule has 0 saturated heterocycles. The standard InChI is InChI=1S/C47H37N5.ClH/c1-29-5-11-32(12-6-29)44-36-17-19-38(48-36)45(33-13-7-30(2)8-14-33)40-21-23-42(50-40)47(35-25-27-52(4)28-26-35)43-24-22-41(51-43)46(39-20-18-37(44)49-39)34-15-9-31(3)10-16-34;/h5-28H,1-4H3,(H,48,49,50,51);1H. The van der Waals surface area contributed by atoms with Gasteiger partial charge in [-0.3, -0.25) is 0 Å². The minimum atomic E-state index is 0. The number of hydrogen-bond acceptors (Lipinski definition) is 2. The van der Waals surface area contributed by atoms with Gasteiger partial charge in [0.25, 0.3) is 0 Å². The molecule has 53 heavy (non-hydrogen) atoms. The molecular formula is C47H38ClN5. The maximum Gasteiger partial charge on any atom is 0.169 e. The van der Waals surface area contributed by atoms with Crippen molar-refractivity contribution in [3.63, 3.8) is 0 Å². The Morgan fingerprint density at radius 1 is 0.377 bits per heavy atom. The van der Waals surface area contributed by atoms with Crippen molar-refractivity contribution in [2.45, 2.75) is 20.8 Å². The lowest BCUT2D eigenvalue weighted by molar-refractivity contribution is -0.671. The van der Waals surface area contributed by atoms with E-state index in [2.05, 4.69) is 177 Å². The Morgan fingerprint density at radius 2 is 0.679 bits per heavy atom. The Kier molecular flexibility index (Phi) is 8.73. The van der Waals surface area contributed by atoms with Crippen LogP contribution in [0.1, 0.15) is 39.5 Å². The van der Waals surface area contributed by atoms with Crippen molar-refractivity contribution >= 4 is 46.4 Å². The number of nitrogens with one attached hydrogen (secondary N) is 2. The lowest BCUT2D eigenvalue weighted by atomic mass is 10.0. The molecule has 0 spiro atoms. The van der Waals surface area contributed by atoms with E-state index in [0.29, 0.717) is 0 Å². The molecule has 3 aromatic carbocycles. The number of halogens is 1. The van der Waals surface area contributed by atoms with Crippen molar-refractivity contribution in [3.8, 4) is 44.5 Å². The molecule has 5 nitrogen and oxygen atoms in total. The lowest BCUT2D eigenvalue weighted by Gasteiger charge is -2.07. The monoisotopic (exact) mass is 707 g/mol. The molecule has 0 radical (unpaired) electrons. The number of nitrogens with zero attached hydrogens (tertiary/aromatic N) is 3. The topological polar surface area (TPSA) is 61.2 Å². The maximum absolute atomic E-state index is 5.39. The molecule has 8 bridgehead atoms. The number of aromatic nitrogens is 5. The largest absolute Gasteiger partial charge is 1.00 e. The first kappa shape index (κ1) is 33.8. The van der Waals surface area contributed by atoms with Crippen molar-refractivity contribution < 1.29 is 17.0 Å². The van der Waals surface area contributed by atoms with Crippen LogP contribution in [0, 0.1) is 20.8 Å². The quantitative estimate of drug-likeness (QED) is 0.182. The Balaban J connectivity index is 0.00000400. The summed E-state index contributed by atoms with van der Waals surface area (Å²) < 4.78 is 2.05. The second-order valence-corrected chi connectivity index (χ2v) is 13.9. The van der Waals surface area contributed by atoms with Crippen molar-refractivity contribution in [2.24, 2.45) is 7.05 Å². The number of fused-ring (bicyclic) bond motifs is 8. The molecule has 6 heteroatoms. The Hall–Kier alpha value is -6.30. The minimum absolute atomic E-state index is 0. The van der Waals surface area contributed by atoms with Gasteiger partial charge in [-0.05, 0) is 91.6 Å². The van der Waals surface area contributed by atoms with Crippen LogP contribution in [0.2, 0.25) is 0 Å². The van der Waals surface area contributed by atoms with Gasteiger partial charge in [0, 0.05) is 56.5 Å². The van der Waals surface area contributed by atoms with Crippen molar-refractivity contribution in [3.05, 3.63) is 161 Å². The number of aromatic amines is 2. The molecule has 4 aromatic heterocycles. The SMILES string of the molecule is Cc1ccc(-c2c3nc(c(-c4cc[n+](C)cc4)c4nc(c(-c5ccc(C)cc5)c5ccc([nH]5)c(-c5ccc(C)cc5)c5ccc2[nH]5)C=C4)C=C3)cc1.[Cl-]. The van der Waals surface area contributed by atoms with E-state index in [0.717, 1.165) is 89.4 Å². The molecule has 0 fully saturated rings. The van der Waals surface area contributed by atoms with Gasteiger partial charge in [0.15, 0.2) is 12.4 Å². The van der Waals surface area contributed by atoms with Gasteiger partial charge in [-0.2, -0.15) is 0 Å². The number of aryl methyl sites for hydroxylation is 4. The van der Waals surface area contributed by atoms with Crippen LogP contribution >= 0.6 is 0 Å². The van der Waals surface area contributed by atoms with Gasteiger partial charge in [0.2, 0.25) is 0 Å². The van der Waals surface area contributed by atoms with E-state index in [9.17, 15) is 0 Å². The van der Waals surface area contributed by atoms with Gasteiger partial charge in [-0.15, -0.1) is 0 Å². The van der Waals surface area contributed by atoms with Crippen LogP contribution in [0.25, 0.3) is 90.9 Å². The smallest absolute Gasteiger partial charge is 0.169 e. The number of hydrogen-bond donors (Lipinski definition) is 2. The lowest BCUT2D eigenvalue weighted by Crippen LogP contribution is -3.00. The molecule has 0 amide bonds.